The van der Waals surface area contributed by atoms with Crippen molar-refractivity contribution in [1.82, 2.24) is 15.2 Å². The van der Waals surface area contributed by atoms with E-state index in [-0.39, 0.29) is 12.4 Å². The van der Waals surface area contributed by atoms with Crippen LogP contribution in [-0.2, 0) is 13.0 Å². The molecular weight excluding hydrogens is 266 g/mol. The number of hydrogen-bond acceptors (Lipinski definition) is 4. The SMILES string of the molecule is CCc1cnc(CN2CCC3(CCNC3)C2)s1.Cl. The van der Waals surface area contributed by atoms with Crippen molar-refractivity contribution in [1.29, 1.82) is 0 Å². The molecule has 1 atom stereocenters. The number of rotatable bonds is 3. The van der Waals surface area contributed by atoms with E-state index in [2.05, 4.69) is 22.1 Å². The van der Waals surface area contributed by atoms with E-state index in [9.17, 15) is 0 Å². The fourth-order valence-corrected chi connectivity index (χ4v) is 3.99. The van der Waals surface area contributed by atoms with Gasteiger partial charge in [0.1, 0.15) is 5.01 Å². The van der Waals surface area contributed by atoms with Gasteiger partial charge in [0, 0.05) is 24.2 Å². The Morgan fingerprint density at radius 2 is 2.39 bits per heavy atom. The summed E-state index contributed by atoms with van der Waals surface area (Å²) in [5.74, 6) is 0. The lowest BCUT2D eigenvalue weighted by atomic mass is 9.87. The second-order valence-electron chi connectivity index (χ2n) is 5.46. The Balaban J connectivity index is 0.00000120. The number of halogens is 1. The van der Waals surface area contributed by atoms with E-state index in [1.165, 1.54) is 48.9 Å². The van der Waals surface area contributed by atoms with Gasteiger partial charge in [0.15, 0.2) is 0 Å². The zero-order valence-electron chi connectivity index (χ0n) is 10.9. The van der Waals surface area contributed by atoms with Crippen molar-refractivity contribution < 1.29 is 0 Å². The molecule has 102 valence electrons. The highest BCUT2D eigenvalue weighted by molar-refractivity contribution is 7.11. The van der Waals surface area contributed by atoms with Gasteiger partial charge >= 0.3 is 0 Å². The first-order chi connectivity index (χ1) is 8.30. The predicted molar refractivity (Wildman–Crippen MR) is 78.6 cm³/mol. The van der Waals surface area contributed by atoms with Gasteiger partial charge in [0.25, 0.3) is 0 Å². The summed E-state index contributed by atoms with van der Waals surface area (Å²) in [5.41, 5.74) is 0.588. The van der Waals surface area contributed by atoms with Gasteiger partial charge in [0.05, 0.1) is 6.54 Å². The maximum Gasteiger partial charge on any atom is 0.107 e. The Labute approximate surface area is 119 Å². The lowest BCUT2D eigenvalue weighted by molar-refractivity contribution is 0.268. The van der Waals surface area contributed by atoms with E-state index in [1.807, 2.05) is 17.5 Å². The highest BCUT2D eigenvalue weighted by Gasteiger charge is 2.40. The number of thiazole rings is 1. The van der Waals surface area contributed by atoms with E-state index in [1.54, 1.807) is 0 Å². The molecule has 3 nitrogen and oxygen atoms in total. The summed E-state index contributed by atoms with van der Waals surface area (Å²) in [6, 6.07) is 0. The molecule has 2 saturated heterocycles. The van der Waals surface area contributed by atoms with Gasteiger partial charge in [-0.2, -0.15) is 0 Å². The lowest BCUT2D eigenvalue weighted by Gasteiger charge is -2.22. The van der Waals surface area contributed by atoms with Crippen LogP contribution in [0.25, 0.3) is 0 Å². The maximum absolute atomic E-state index is 4.53. The van der Waals surface area contributed by atoms with E-state index in [0.717, 1.165) is 13.0 Å². The van der Waals surface area contributed by atoms with Crippen LogP contribution in [0.15, 0.2) is 6.20 Å². The number of hydrogen-bond donors (Lipinski definition) is 1. The number of nitrogens with zero attached hydrogens (tertiary/aromatic N) is 2. The molecule has 0 amide bonds. The van der Waals surface area contributed by atoms with E-state index in [0.29, 0.717) is 5.41 Å². The summed E-state index contributed by atoms with van der Waals surface area (Å²) in [4.78, 5) is 8.53. The summed E-state index contributed by atoms with van der Waals surface area (Å²) in [6.45, 7) is 8.22. The molecule has 0 aromatic carbocycles. The minimum Gasteiger partial charge on any atom is -0.316 e. The van der Waals surface area contributed by atoms with Gasteiger partial charge in [-0.15, -0.1) is 23.7 Å². The third kappa shape index (κ3) is 2.87. The molecule has 0 bridgehead atoms. The first-order valence-electron chi connectivity index (χ1n) is 6.66. The molecule has 1 unspecified atom stereocenters. The molecule has 1 aromatic rings. The molecule has 1 aromatic heterocycles. The zero-order valence-corrected chi connectivity index (χ0v) is 12.6. The van der Waals surface area contributed by atoms with Crippen LogP contribution in [0.3, 0.4) is 0 Å². The van der Waals surface area contributed by atoms with Crippen molar-refractivity contribution >= 4 is 23.7 Å². The molecule has 0 radical (unpaired) electrons. The second kappa shape index (κ2) is 5.87. The van der Waals surface area contributed by atoms with Crippen LogP contribution in [-0.4, -0.2) is 36.1 Å². The van der Waals surface area contributed by atoms with Crippen LogP contribution in [0.2, 0.25) is 0 Å². The molecule has 0 aliphatic carbocycles. The van der Waals surface area contributed by atoms with Crippen molar-refractivity contribution in [3.8, 4) is 0 Å². The molecule has 2 aliphatic heterocycles. The van der Waals surface area contributed by atoms with Gasteiger partial charge in [-0.05, 0) is 37.8 Å². The van der Waals surface area contributed by atoms with Gasteiger partial charge in [0.2, 0.25) is 0 Å². The molecular formula is C13H22ClN3S. The lowest BCUT2D eigenvalue weighted by Crippen LogP contribution is -2.28. The molecule has 2 aliphatic rings. The van der Waals surface area contributed by atoms with E-state index < -0.39 is 0 Å². The fraction of sp³-hybridized carbons (Fsp3) is 0.769. The zero-order chi connectivity index (χ0) is 11.7. The fourth-order valence-electron chi connectivity index (χ4n) is 3.08. The largest absolute Gasteiger partial charge is 0.316 e. The van der Waals surface area contributed by atoms with Crippen molar-refractivity contribution in [2.75, 3.05) is 26.2 Å². The highest BCUT2D eigenvalue weighted by atomic mass is 35.5. The third-order valence-corrected chi connectivity index (χ3v) is 5.28. The molecule has 2 fully saturated rings. The number of aryl methyl sites for hydroxylation is 1. The topological polar surface area (TPSA) is 28.2 Å². The average molecular weight is 288 g/mol. The monoisotopic (exact) mass is 287 g/mol. The smallest absolute Gasteiger partial charge is 0.107 e. The van der Waals surface area contributed by atoms with Crippen LogP contribution in [0, 0.1) is 5.41 Å². The molecule has 18 heavy (non-hydrogen) atoms. The van der Waals surface area contributed by atoms with Gasteiger partial charge in [-0.1, -0.05) is 6.92 Å². The summed E-state index contributed by atoms with van der Waals surface area (Å²) < 4.78 is 0. The van der Waals surface area contributed by atoms with Crippen LogP contribution in [0.5, 0.6) is 0 Å². The average Bonchev–Trinajstić information content (AvgIpc) is 3.03. The molecule has 3 heterocycles. The van der Waals surface area contributed by atoms with Crippen LogP contribution in [0.4, 0.5) is 0 Å². The van der Waals surface area contributed by atoms with Crippen molar-refractivity contribution in [3.63, 3.8) is 0 Å². The number of aromatic nitrogens is 1. The second-order valence-corrected chi connectivity index (χ2v) is 6.66. The van der Waals surface area contributed by atoms with Crippen molar-refractivity contribution in [2.24, 2.45) is 5.41 Å². The first-order valence-corrected chi connectivity index (χ1v) is 7.48. The summed E-state index contributed by atoms with van der Waals surface area (Å²) in [5, 5.41) is 4.81. The van der Waals surface area contributed by atoms with Crippen LogP contribution in [0.1, 0.15) is 29.7 Å². The minimum atomic E-state index is 0. The Morgan fingerprint density at radius 3 is 3.06 bits per heavy atom. The Morgan fingerprint density at radius 1 is 1.50 bits per heavy atom. The van der Waals surface area contributed by atoms with Crippen LogP contribution < -0.4 is 5.32 Å². The van der Waals surface area contributed by atoms with E-state index >= 15 is 0 Å². The van der Waals surface area contributed by atoms with Crippen molar-refractivity contribution in [3.05, 3.63) is 16.1 Å². The first kappa shape index (κ1) is 14.3. The Bertz CT molecular complexity index is 387. The third-order valence-electron chi connectivity index (χ3n) is 4.16. The Hall–Kier alpha value is -0.160. The Kier molecular flexibility index (Phi) is 4.64. The van der Waals surface area contributed by atoms with E-state index in [4.69, 9.17) is 0 Å². The minimum absolute atomic E-state index is 0. The predicted octanol–water partition coefficient (Wildman–Crippen LogP) is 2.31. The molecule has 5 heteroatoms. The summed E-state index contributed by atoms with van der Waals surface area (Å²) in [7, 11) is 0. The van der Waals surface area contributed by atoms with Gasteiger partial charge in [-0.3, -0.25) is 4.90 Å². The normalized spacial score (nSPS) is 27.8. The van der Waals surface area contributed by atoms with Crippen LogP contribution >= 0.6 is 23.7 Å². The number of likely N-dealkylation sites (tertiary alicyclic amines) is 1. The standard InChI is InChI=1S/C13H21N3S.ClH/c1-2-11-7-15-12(17-11)8-16-6-4-13(10-16)3-5-14-9-13;/h7,14H,2-6,8-10H2,1H3;1H. The highest BCUT2D eigenvalue weighted by Crippen LogP contribution is 2.36. The molecule has 1 spiro atoms. The number of nitrogens with one attached hydrogen (secondary N) is 1. The summed E-state index contributed by atoms with van der Waals surface area (Å²) >= 11 is 1.88. The van der Waals surface area contributed by atoms with Gasteiger partial charge < -0.3 is 5.32 Å². The summed E-state index contributed by atoms with van der Waals surface area (Å²) in [6.07, 6.45) is 5.89. The quantitative estimate of drug-likeness (QED) is 0.925. The molecule has 3 rings (SSSR count). The maximum atomic E-state index is 4.53. The molecule has 1 N–H and O–H groups in total. The van der Waals surface area contributed by atoms with Crippen molar-refractivity contribution in [2.45, 2.75) is 32.7 Å². The van der Waals surface area contributed by atoms with Gasteiger partial charge in [-0.25, -0.2) is 4.98 Å². The molecule has 0 saturated carbocycles.